The Morgan fingerprint density at radius 2 is 2.12 bits per heavy atom. The first-order valence-corrected chi connectivity index (χ1v) is 5.46. The van der Waals surface area contributed by atoms with E-state index >= 15 is 0 Å². The Balaban J connectivity index is 2.86. The zero-order chi connectivity index (χ0) is 13.0. The summed E-state index contributed by atoms with van der Waals surface area (Å²) in [7, 11) is 0. The molecule has 94 valence electrons. The van der Waals surface area contributed by atoms with Crippen LogP contribution in [0.25, 0.3) is 0 Å². The lowest BCUT2D eigenvalue weighted by molar-refractivity contribution is 0.0894. The Hall–Kier alpha value is -1.75. The first kappa shape index (κ1) is 13.3. The number of rotatable bonds is 4. The van der Waals surface area contributed by atoms with Crippen molar-refractivity contribution in [2.75, 3.05) is 12.3 Å². The molecule has 0 saturated carbocycles. The van der Waals surface area contributed by atoms with E-state index in [1.165, 1.54) is 12.1 Å². The molecule has 1 amide bonds. The number of hydrogen-bond acceptors (Lipinski definition) is 4. The van der Waals surface area contributed by atoms with Gasteiger partial charge in [-0.05, 0) is 18.1 Å². The summed E-state index contributed by atoms with van der Waals surface area (Å²) < 4.78 is 0. The number of aliphatic hydroxyl groups is 1. The van der Waals surface area contributed by atoms with Gasteiger partial charge in [0.05, 0.1) is 23.9 Å². The Morgan fingerprint density at radius 1 is 1.47 bits per heavy atom. The molecule has 0 aliphatic heterocycles. The maximum Gasteiger partial charge on any atom is 0.255 e. The van der Waals surface area contributed by atoms with Crippen molar-refractivity contribution >= 4 is 11.6 Å². The highest BCUT2D eigenvalue weighted by molar-refractivity contribution is 5.98. The van der Waals surface area contributed by atoms with Crippen LogP contribution in [-0.4, -0.2) is 28.8 Å². The van der Waals surface area contributed by atoms with E-state index in [-0.39, 0.29) is 35.6 Å². The van der Waals surface area contributed by atoms with Crippen molar-refractivity contribution < 1.29 is 15.0 Å². The lowest BCUT2D eigenvalue weighted by Gasteiger charge is -2.20. The van der Waals surface area contributed by atoms with Crippen LogP contribution in [0.4, 0.5) is 5.69 Å². The van der Waals surface area contributed by atoms with Gasteiger partial charge in [0.1, 0.15) is 0 Å². The number of para-hydroxylation sites is 1. The fourth-order valence-electron chi connectivity index (χ4n) is 1.41. The topological polar surface area (TPSA) is 95.6 Å². The van der Waals surface area contributed by atoms with E-state index in [1.54, 1.807) is 6.07 Å². The van der Waals surface area contributed by atoms with Crippen LogP contribution in [0.5, 0.6) is 5.75 Å². The minimum atomic E-state index is -0.442. The molecule has 17 heavy (non-hydrogen) atoms. The highest BCUT2D eigenvalue weighted by Crippen LogP contribution is 2.24. The molecule has 1 atom stereocenters. The SMILES string of the molecule is CC(C)C(CO)NC(=O)c1cccc(N)c1O. The number of aliphatic hydroxyl groups excluding tert-OH is 1. The predicted octanol–water partition coefficient (Wildman–Crippen LogP) is 0.721. The average Bonchev–Trinajstić information content (AvgIpc) is 2.28. The van der Waals surface area contributed by atoms with Crippen LogP contribution in [0.2, 0.25) is 0 Å². The van der Waals surface area contributed by atoms with Gasteiger partial charge in [0.15, 0.2) is 5.75 Å². The van der Waals surface area contributed by atoms with Crippen LogP contribution in [-0.2, 0) is 0 Å². The van der Waals surface area contributed by atoms with Crippen molar-refractivity contribution in [2.24, 2.45) is 5.92 Å². The van der Waals surface area contributed by atoms with Gasteiger partial charge in [-0.15, -0.1) is 0 Å². The fourth-order valence-corrected chi connectivity index (χ4v) is 1.41. The van der Waals surface area contributed by atoms with Gasteiger partial charge in [-0.3, -0.25) is 4.79 Å². The number of nitrogen functional groups attached to an aromatic ring is 1. The second-order valence-corrected chi connectivity index (χ2v) is 4.25. The lowest BCUT2D eigenvalue weighted by atomic mass is 10.0. The van der Waals surface area contributed by atoms with Crippen LogP contribution < -0.4 is 11.1 Å². The summed E-state index contributed by atoms with van der Waals surface area (Å²) in [6.07, 6.45) is 0. The van der Waals surface area contributed by atoms with Crippen LogP contribution in [0, 0.1) is 5.92 Å². The number of aromatic hydroxyl groups is 1. The molecular weight excluding hydrogens is 220 g/mol. The molecule has 0 aromatic heterocycles. The molecule has 5 heteroatoms. The number of carbonyl (C=O) groups is 1. The van der Waals surface area contributed by atoms with Gasteiger partial charge < -0.3 is 21.3 Å². The maximum atomic E-state index is 11.9. The summed E-state index contributed by atoms with van der Waals surface area (Å²) >= 11 is 0. The number of amides is 1. The Bertz CT molecular complexity index is 405. The smallest absolute Gasteiger partial charge is 0.255 e. The van der Waals surface area contributed by atoms with Crippen molar-refractivity contribution in [3.63, 3.8) is 0 Å². The monoisotopic (exact) mass is 238 g/mol. The number of carbonyl (C=O) groups excluding carboxylic acids is 1. The number of benzene rings is 1. The molecule has 5 nitrogen and oxygen atoms in total. The number of anilines is 1. The molecule has 0 spiro atoms. The minimum Gasteiger partial charge on any atom is -0.505 e. The van der Waals surface area contributed by atoms with Crippen molar-refractivity contribution in [1.82, 2.24) is 5.32 Å². The molecule has 0 fully saturated rings. The van der Waals surface area contributed by atoms with Crippen LogP contribution in [0.1, 0.15) is 24.2 Å². The molecule has 1 aromatic carbocycles. The van der Waals surface area contributed by atoms with E-state index in [0.29, 0.717) is 0 Å². The van der Waals surface area contributed by atoms with Gasteiger partial charge in [-0.25, -0.2) is 0 Å². The molecule has 0 aliphatic carbocycles. The van der Waals surface area contributed by atoms with E-state index in [4.69, 9.17) is 10.8 Å². The van der Waals surface area contributed by atoms with Crippen molar-refractivity contribution in [2.45, 2.75) is 19.9 Å². The quantitative estimate of drug-likeness (QED) is 0.459. The third-order valence-electron chi connectivity index (χ3n) is 2.63. The van der Waals surface area contributed by atoms with Crippen LogP contribution >= 0.6 is 0 Å². The van der Waals surface area contributed by atoms with Crippen molar-refractivity contribution in [1.29, 1.82) is 0 Å². The first-order valence-electron chi connectivity index (χ1n) is 5.46. The molecule has 0 aliphatic rings. The summed E-state index contributed by atoms with van der Waals surface area (Å²) in [5.74, 6) is -0.569. The average molecular weight is 238 g/mol. The van der Waals surface area contributed by atoms with Gasteiger partial charge in [0.25, 0.3) is 5.91 Å². The van der Waals surface area contributed by atoms with Gasteiger partial charge in [0.2, 0.25) is 0 Å². The molecule has 0 radical (unpaired) electrons. The van der Waals surface area contributed by atoms with E-state index in [1.807, 2.05) is 13.8 Å². The Labute approximate surface area is 100 Å². The second kappa shape index (κ2) is 5.54. The minimum absolute atomic E-state index is 0.104. The molecule has 5 N–H and O–H groups in total. The number of phenols is 1. The zero-order valence-electron chi connectivity index (χ0n) is 9.97. The third kappa shape index (κ3) is 3.10. The number of hydrogen-bond donors (Lipinski definition) is 4. The first-order chi connectivity index (χ1) is 7.97. The standard InChI is InChI=1S/C12H18N2O3/c1-7(2)10(6-15)14-12(17)8-4-3-5-9(13)11(8)16/h3-5,7,10,15-16H,6,13H2,1-2H3,(H,14,17). The predicted molar refractivity (Wildman–Crippen MR) is 65.7 cm³/mol. The maximum absolute atomic E-state index is 11.9. The summed E-state index contributed by atoms with van der Waals surface area (Å²) in [5.41, 5.74) is 5.77. The lowest BCUT2D eigenvalue weighted by Crippen LogP contribution is -2.41. The number of nitrogens with one attached hydrogen (secondary N) is 1. The number of phenolic OH excluding ortho intramolecular Hbond substituents is 1. The van der Waals surface area contributed by atoms with Crippen LogP contribution in [0.15, 0.2) is 18.2 Å². The second-order valence-electron chi connectivity index (χ2n) is 4.25. The molecule has 0 bridgehead atoms. The highest BCUT2D eigenvalue weighted by atomic mass is 16.3. The van der Waals surface area contributed by atoms with Crippen molar-refractivity contribution in [3.05, 3.63) is 23.8 Å². The summed E-state index contributed by atoms with van der Waals surface area (Å²) in [5, 5.41) is 21.4. The largest absolute Gasteiger partial charge is 0.505 e. The van der Waals surface area contributed by atoms with Gasteiger partial charge in [0, 0.05) is 0 Å². The van der Waals surface area contributed by atoms with E-state index in [0.717, 1.165) is 0 Å². The normalized spacial score (nSPS) is 12.5. The van der Waals surface area contributed by atoms with Crippen molar-refractivity contribution in [3.8, 4) is 5.75 Å². The summed E-state index contributed by atoms with van der Waals surface area (Å²) in [4.78, 5) is 11.9. The van der Waals surface area contributed by atoms with Gasteiger partial charge in [-0.2, -0.15) is 0 Å². The molecule has 1 aromatic rings. The number of nitrogens with two attached hydrogens (primary N) is 1. The van der Waals surface area contributed by atoms with Crippen LogP contribution in [0.3, 0.4) is 0 Å². The van der Waals surface area contributed by atoms with E-state index in [2.05, 4.69) is 5.32 Å². The highest BCUT2D eigenvalue weighted by Gasteiger charge is 2.18. The molecule has 1 unspecified atom stereocenters. The fraction of sp³-hybridized carbons (Fsp3) is 0.417. The summed E-state index contributed by atoms with van der Waals surface area (Å²) in [6.45, 7) is 3.63. The van der Waals surface area contributed by atoms with Gasteiger partial charge >= 0.3 is 0 Å². The van der Waals surface area contributed by atoms with E-state index < -0.39 is 5.91 Å². The van der Waals surface area contributed by atoms with Gasteiger partial charge in [-0.1, -0.05) is 19.9 Å². The Morgan fingerprint density at radius 3 is 2.65 bits per heavy atom. The molecule has 1 rings (SSSR count). The molecule has 0 heterocycles. The zero-order valence-corrected chi connectivity index (χ0v) is 9.97. The van der Waals surface area contributed by atoms with E-state index in [9.17, 15) is 9.90 Å². The third-order valence-corrected chi connectivity index (χ3v) is 2.63. The molecular formula is C12H18N2O3. The summed E-state index contributed by atoms with van der Waals surface area (Å²) in [6, 6.07) is 4.24. The Kier molecular flexibility index (Phi) is 4.34. The molecule has 0 saturated heterocycles.